The molecule has 1 fully saturated rings. The molecule has 2 N–H and O–H groups in total. The first-order valence-corrected chi connectivity index (χ1v) is 11.1. The van der Waals surface area contributed by atoms with Crippen LogP contribution in [0.3, 0.4) is 0 Å². The SMILES string of the molecule is C=CC(=O)N1CCN(c2cnc3[nH]cc(C(=O)N[C@H](CC)CC#N)c3n2)C[C@@H]1CC(C)C. The highest BCUT2D eigenvalue weighted by Gasteiger charge is 2.31. The number of anilines is 1. The summed E-state index contributed by atoms with van der Waals surface area (Å²) in [6.07, 6.45) is 6.47. The average molecular weight is 438 g/mol. The van der Waals surface area contributed by atoms with E-state index in [-0.39, 0.29) is 30.3 Å². The first-order valence-electron chi connectivity index (χ1n) is 11.1. The summed E-state index contributed by atoms with van der Waals surface area (Å²) in [4.78, 5) is 41.3. The second-order valence-electron chi connectivity index (χ2n) is 8.53. The lowest BCUT2D eigenvalue weighted by Crippen LogP contribution is -2.55. The van der Waals surface area contributed by atoms with Crippen molar-refractivity contribution in [3.05, 3.63) is 30.6 Å². The second kappa shape index (κ2) is 10.3. The maximum Gasteiger partial charge on any atom is 0.255 e. The maximum atomic E-state index is 12.8. The molecule has 9 nitrogen and oxygen atoms in total. The molecule has 3 rings (SSSR count). The second-order valence-corrected chi connectivity index (χ2v) is 8.53. The Morgan fingerprint density at radius 2 is 2.22 bits per heavy atom. The van der Waals surface area contributed by atoms with E-state index in [1.807, 2.05) is 11.8 Å². The van der Waals surface area contributed by atoms with Gasteiger partial charge >= 0.3 is 0 Å². The van der Waals surface area contributed by atoms with Gasteiger partial charge in [0.05, 0.1) is 24.3 Å². The standard InChI is InChI=1S/C23H31N7O2/c1-5-16(7-8-24)27-23(32)18-12-25-22-21(18)28-19(13-26-22)29-9-10-30(20(31)6-2)17(14-29)11-15(3)4/h6,12-13,15-17H,2,5,7,9-11,14H2,1,3-4H3,(H,25,26)(H,27,32)/t16-,17+/m1/s1. The van der Waals surface area contributed by atoms with Crippen molar-refractivity contribution in [3.8, 4) is 6.07 Å². The number of nitrogens with zero attached hydrogens (tertiary/aromatic N) is 5. The Bertz CT molecular complexity index is 1020. The Balaban J connectivity index is 1.84. The minimum atomic E-state index is -0.274. The van der Waals surface area contributed by atoms with Crippen LogP contribution < -0.4 is 10.2 Å². The molecule has 0 unspecified atom stereocenters. The first kappa shape index (κ1) is 23.3. The molecular weight excluding hydrogens is 406 g/mol. The summed E-state index contributed by atoms with van der Waals surface area (Å²) in [5, 5.41) is 11.8. The van der Waals surface area contributed by atoms with E-state index >= 15 is 0 Å². The Morgan fingerprint density at radius 1 is 1.44 bits per heavy atom. The van der Waals surface area contributed by atoms with Crippen LogP contribution in [0.4, 0.5) is 5.82 Å². The van der Waals surface area contributed by atoms with Gasteiger partial charge in [0.1, 0.15) is 11.3 Å². The number of aromatic nitrogens is 3. The minimum Gasteiger partial charge on any atom is -0.351 e. The van der Waals surface area contributed by atoms with Gasteiger partial charge < -0.3 is 20.1 Å². The van der Waals surface area contributed by atoms with Crippen LogP contribution >= 0.6 is 0 Å². The highest BCUT2D eigenvalue weighted by Crippen LogP contribution is 2.24. The smallest absolute Gasteiger partial charge is 0.255 e. The molecule has 0 aliphatic carbocycles. The molecule has 0 bridgehead atoms. The van der Waals surface area contributed by atoms with Crippen molar-refractivity contribution in [2.75, 3.05) is 24.5 Å². The fourth-order valence-corrected chi connectivity index (χ4v) is 4.09. The molecule has 0 spiro atoms. The van der Waals surface area contributed by atoms with Crippen molar-refractivity contribution >= 4 is 28.8 Å². The Hall–Kier alpha value is -3.41. The number of hydrogen-bond donors (Lipinski definition) is 2. The van der Waals surface area contributed by atoms with Crippen LogP contribution in [0.15, 0.2) is 25.0 Å². The lowest BCUT2D eigenvalue weighted by atomic mass is 10.00. The monoisotopic (exact) mass is 437 g/mol. The number of carbonyl (C=O) groups is 2. The number of carbonyl (C=O) groups excluding carboxylic acids is 2. The van der Waals surface area contributed by atoms with Gasteiger partial charge in [-0.2, -0.15) is 5.26 Å². The third-order valence-electron chi connectivity index (χ3n) is 5.79. The third-order valence-corrected chi connectivity index (χ3v) is 5.79. The van der Waals surface area contributed by atoms with Crippen molar-refractivity contribution in [1.29, 1.82) is 5.26 Å². The maximum absolute atomic E-state index is 12.8. The quantitative estimate of drug-likeness (QED) is 0.613. The molecular formula is C23H31N7O2. The molecule has 9 heteroatoms. The van der Waals surface area contributed by atoms with Crippen molar-refractivity contribution < 1.29 is 9.59 Å². The molecule has 0 aromatic carbocycles. The van der Waals surface area contributed by atoms with Gasteiger partial charge in [0.25, 0.3) is 5.91 Å². The Labute approximate surface area is 188 Å². The molecule has 0 radical (unpaired) electrons. The van der Waals surface area contributed by atoms with E-state index in [1.165, 1.54) is 6.08 Å². The highest BCUT2D eigenvalue weighted by molar-refractivity contribution is 6.04. The molecule has 1 saturated heterocycles. The molecule has 170 valence electrons. The van der Waals surface area contributed by atoms with Gasteiger partial charge in [-0.3, -0.25) is 9.59 Å². The number of H-pyrrole nitrogens is 1. The van der Waals surface area contributed by atoms with E-state index in [2.05, 4.69) is 46.7 Å². The zero-order valence-corrected chi connectivity index (χ0v) is 19.0. The van der Waals surface area contributed by atoms with Crippen LogP contribution in [0, 0.1) is 17.2 Å². The van der Waals surface area contributed by atoms with Crippen molar-refractivity contribution in [2.45, 2.75) is 52.1 Å². The van der Waals surface area contributed by atoms with Crippen LogP contribution in [-0.2, 0) is 4.79 Å². The summed E-state index contributed by atoms with van der Waals surface area (Å²) >= 11 is 0. The van der Waals surface area contributed by atoms with Gasteiger partial charge in [-0.15, -0.1) is 0 Å². The Morgan fingerprint density at radius 3 is 2.88 bits per heavy atom. The van der Waals surface area contributed by atoms with Crippen molar-refractivity contribution in [1.82, 2.24) is 25.2 Å². The van der Waals surface area contributed by atoms with E-state index in [4.69, 9.17) is 10.2 Å². The summed E-state index contributed by atoms with van der Waals surface area (Å²) < 4.78 is 0. The number of nitriles is 1. The third kappa shape index (κ3) is 5.07. The molecule has 1 aliphatic heterocycles. The summed E-state index contributed by atoms with van der Waals surface area (Å²) in [5.74, 6) is 0.788. The minimum absolute atomic E-state index is 0.0516. The average Bonchev–Trinajstić information content (AvgIpc) is 3.21. The van der Waals surface area contributed by atoms with Crippen LogP contribution in [0.25, 0.3) is 11.2 Å². The zero-order chi connectivity index (χ0) is 23.3. The van der Waals surface area contributed by atoms with Crippen molar-refractivity contribution in [3.63, 3.8) is 0 Å². The van der Waals surface area contributed by atoms with E-state index in [9.17, 15) is 9.59 Å². The fraction of sp³-hybridized carbons (Fsp3) is 0.522. The first-order chi connectivity index (χ1) is 15.4. The fourth-order valence-electron chi connectivity index (χ4n) is 4.09. The molecule has 2 atom stereocenters. The van der Waals surface area contributed by atoms with Gasteiger partial charge in [0.15, 0.2) is 5.65 Å². The molecule has 3 heterocycles. The summed E-state index contributed by atoms with van der Waals surface area (Å²) in [7, 11) is 0. The lowest BCUT2D eigenvalue weighted by Gasteiger charge is -2.42. The van der Waals surface area contributed by atoms with E-state index < -0.39 is 0 Å². The predicted molar refractivity (Wildman–Crippen MR) is 123 cm³/mol. The number of fused-ring (bicyclic) bond motifs is 1. The van der Waals surface area contributed by atoms with E-state index in [0.29, 0.717) is 54.5 Å². The van der Waals surface area contributed by atoms with Gasteiger partial charge in [0.2, 0.25) is 5.91 Å². The van der Waals surface area contributed by atoms with Crippen LogP contribution in [-0.4, -0.2) is 63.4 Å². The topological polar surface area (TPSA) is 118 Å². The lowest BCUT2D eigenvalue weighted by molar-refractivity contribution is -0.129. The van der Waals surface area contributed by atoms with Crippen LogP contribution in [0.1, 0.15) is 50.4 Å². The Kier molecular flexibility index (Phi) is 7.46. The summed E-state index contributed by atoms with van der Waals surface area (Å²) in [6, 6.07) is 1.95. The molecule has 2 aromatic heterocycles. The highest BCUT2D eigenvalue weighted by atomic mass is 16.2. The number of hydrogen-bond acceptors (Lipinski definition) is 6. The van der Waals surface area contributed by atoms with Crippen molar-refractivity contribution in [2.24, 2.45) is 5.92 Å². The molecule has 2 amide bonds. The normalized spacial score (nSPS) is 17.3. The molecule has 0 saturated carbocycles. The van der Waals surface area contributed by atoms with Gasteiger partial charge in [-0.05, 0) is 24.8 Å². The predicted octanol–water partition coefficient (Wildman–Crippen LogP) is 2.63. The zero-order valence-electron chi connectivity index (χ0n) is 19.0. The number of nitrogens with one attached hydrogen (secondary N) is 2. The number of amides is 2. The number of piperazine rings is 1. The van der Waals surface area contributed by atoms with E-state index in [0.717, 1.165) is 6.42 Å². The molecule has 32 heavy (non-hydrogen) atoms. The molecule has 1 aliphatic rings. The van der Waals surface area contributed by atoms with Crippen LogP contribution in [0.2, 0.25) is 0 Å². The van der Waals surface area contributed by atoms with Gasteiger partial charge in [-0.25, -0.2) is 9.97 Å². The summed E-state index contributed by atoms with van der Waals surface area (Å²) in [5.41, 5.74) is 1.44. The number of rotatable bonds is 8. The van der Waals surface area contributed by atoms with E-state index in [1.54, 1.807) is 12.4 Å². The van der Waals surface area contributed by atoms with Crippen LogP contribution in [0.5, 0.6) is 0 Å². The number of aromatic amines is 1. The van der Waals surface area contributed by atoms with Gasteiger partial charge in [-0.1, -0.05) is 27.4 Å². The molecule has 2 aromatic rings. The largest absolute Gasteiger partial charge is 0.351 e. The summed E-state index contributed by atoms with van der Waals surface area (Å²) in [6.45, 7) is 11.7. The van der Waals surface area contributed by atoms with Gasteiger partial charge in [0, 0.05) is 37.9 Å².